The fraction of sp³-hybridized carbons (Fsp3) is 0.350. The van der Waals surface area contributed by atoms with Crippen LogP contribution in [0, 0.1) is 6.92 Å². The summed E-state index contributed by atoms with van der Waals surface area (Å²) in [7, 11) is -3.53. The molecule has 0 radical (unpaired) electrons. The Morgan fingerprint density at radius 3 is 2.20 bits per heavy atom. The first-order valence-corrected chi connectivity index (χ1v) is 10.2. The topological polar surface area (TPSA) is 54.5 Å². The molecule has 0 fully saturated rings. The van der Waals surface area contributed by atoms with E-state index in [0.29, 0.717) is 11.6 Å². The van der Waals surface area contributed by atoms with Crippen LogP contribution in [-0.2, 0) is 21.2 Å². The summed E-state index contributed by atoms with van der Waals surface area (Å²) in [5, 5.41) is 0. The van der Waals surface area contributed by atoms with Crippen LogP contribution in [0.15, 0.2) is 48.5 Å². The average Bonchev–Trinajstić information content (AvgIpc) is 2.53. The highest BCUT2D eigenvalue weighted by Gasteiger charge is 2.21. The number of ketones is 1. The normalized spacial score (nSPS) is 11.6. The molecule has 0 amide bonds. The molecule has 5 heteroatoms. The van der Waals surface area contributed by atoms with Gasteiger partial charge in [0.2, 0.25) is 10.0 Å². The van der Waals surface area contributed by atoms with E-state index in [4.69, 9.17) is 0 Å². The van der Waals surface area contributed by atoms with E-state index in [0.717, 1.165) is 22.9 Å². The summed E-state index contributed by atoms with van der Waals surface area (Å²) in [5.41, 5.74) is 3.63. The number of hydrogen-bond donors (Lipinski definition) is 0. The second-order valence-corrected chi connectivity index (χ2v) is 8.58. The number of carbonyl (C=O) groups is 1. The molecule has 0 heterocycles. The molecule has 0 saturated carbocycles. The second-order valence-electron chi connectivity index (χ2n) is 6.67. The maximum atomic E-state index is 12.6. The Morgan fingerprint density at radius 1 is 1.04 bits per heavy atom. The molecule has 25 heavy (non-hydrogen) atoms. The van der Waals surface area contributed by atoms with Crippen molar-refractivity contribution < 1.29 is 13.2 Å². The zero-order chi connectivity index (χ0) is 18.6. The van der Waals surface area contributed by atoms with Gasteiger partial charge in [-0.15, -0.1) is 0 Å². The van der Waals surface area contributed by atoms with E-state index >= 15 is 0 Å². The molecule has 0 aliphatic heterocycles. The summed E-state index contributed by atoms with van der Waals surface area (Å²) in [6.07, 6.45) is 1.36. The maximum Gasteiger partial charge on any atom is 0.232 e. The second kappa shape index (κ2) is 7.83. The van der Waals surface area contributed by atoms with E-state index < -0.39 is 10.0 Å². The van der Waals surface area contributed by atoms with Gasteiger partial charge in [-0.3, -0.25) is 9.10 Å². The quantitative estimate of drug-likeness (QED) is 0.757. The van der Waals surface area contributed by atoms with Crippen molar-refractivity contribution in [2.24, 2.45) is 0 Å². The minimum atomic E-state index is -3.53. The van der Waals surface area contributed by atoms with Crippen molar-refractivity contribution in [3.63, 3.8) is 0 Å². The van der Waals surface area contributed by atoms with E-state index in [1.54, 1.807) is 12.1 Å². The lowest BCUT2D eigenvalue weighted by molar-refractivity contribution is -0.117. The molecular weight excluding hydrogens is 334 g/mol. The summed E-state index contributed by atoms with van der Waals surface area (Å²) >= 11 is 0. The minimum absolute atomic E-state index is 0.126. The lowest BCUT2D eigenvalue weighted by atomic mass is 9.94. The predicted molar refractivity (Wildman–Crippen MR) is 103 cm³/mol. The van der Waals surface area contributed by atoms with Gasteiger partial charge >= 0.3 is 0 Å². The van der Waals surface area contributed by atoms with Gasteiger partial charge in [0.25, 0.3) is 0 Å². The highest BCUT2D eigenvalue weighted by atomic mass is 32.2. The molecule has 0 aliphatic carbocycles. The molecule has 0 N–H and O–H groups in total. The molecule has 2 aromatic carbocycles. The van der Waals surface area contributed by atoms with Crippen LogP contribution in [0.1, 0.15) is 36.5 Å². The van der Waals surface area contributed by atoms with Crippen molar-refractivity contribution >= 4 is 21.5 Å². The first kappa shape index (κ1) is 19.2. The monoisotopic (exact) mass is 359 g/mol. The summed E-state index contributed by atoms with van der Waals surface area (Å²) < 4.78 is 25.5. The molecule has 0 unspecified atom stereocenters. The van der Waals surface area contributed by atoms with Gasteiger partial charge in [-0.2, -0.15) is 0 Å². The fourth-order valence-corrected chi connectivity index (χ4v) is 3.68. The van der Waals surface area contributed by atoms with Gasteiger partial charge in [-0.25, -0.2) is 8.42 Å². The number of aryl methyl sites for hydroxylation is 1. The summed E-state index contributed by atoms with van der Waals surface area (Å²) in [4.78, 5) is 12.6. The Labute approximate surface area is 150 Å². The van der Waals surface area contributed by atoms with E-state index in [1.165, 1.54) is 4.31 Å². The molecule has 134 valence electrons. The van der Waals surface area contributed by atoms with Gasteiger partial charge < -0.3 is 0 Å². The van der Waals surface area contributed by atoms with Crippen LogP contribution in [0.5, 0.6) is 0 Å². The Hall–Kier alpha value is -2.14. The number of nitrogens with zero attached hydrogens (tertiary/aromatic N) is 1. The van der Waals surface area contributed by atoms with Crippen molar-refractivity contribution in [3.8, 4) is 0 Å². The van der Waals surface area contributed by atoms with Gasteiger partial charge in [0.1, 0.15) is 0 Å². The van der Waals surface area contributed by atoms with E-state index in [-0.39, 0.29) is 18.7 Å². The number of rotatable bonds is 7. The third-order valence-corrected chi connectivity index (χ3v) is 5.25. The van der Waals surface area contributed by atoms with Crippen molar-refractivity contribution in [3.05, 3.63) is 65.2 Å². The van der Waals surface area contributed by atoms with Crippen molar-refractivity contribution in [1.82, 2.24) is 0 Å². The molecule has 0 spiro atoms. The SMILES string of the molecule is Cc1ccc(N(CC(=O)Cc2ccccc2C(C)C)S(C)(=O)=O)cc1. The highest BCUT2D eigenvalue weighted by Crippen LogP contribution is 2.21. The lowest BCUT2D eigenvalue weighted by Gasteiger charge is -2.22. The van der Waals surface area contributed by atoms with Crippen LogP contribution in [0.25, 0.3) is 0 Å². The first-order valence-electron chi connectivity index (χ1n) is 8.32. The fourth-order valence-electron chi connectivity index (χ4n) is 2.80. The van der Waals surface area contributed by atoms with Crippen LogP contribution in [0.3, 0.4) is 0 Å². The molecule has 2 rings (SSSR count). The molecule has 4 nitrogen and oxygen atoms in total. The van der Waals surface area contributed by atoms with E-state index in [1.807, 2.05) is 43.3 Å². The Balaban J connectivity index is 2.23. The zero-order valence-corrected chi connectivity index (χ0v) is 16.0. The minimum Gasteiger partial charge on any atom is -0.297 e. The van der Waals surface area contributed by atoms with Crippen LogP contribution in [0.2, 0.25) is 0 Å². The van der Waals surface area contributed by atoms with Gasteiger partial charge in [0, 0.05) is 6.42 Å². The molecule has 0 atom stereocenters. The number of hydrogen-bond acceptors (Lipinski definition) is 3. The number of Topliss-reactive ketones (excluding diaryl/α,β-unsaturated/α-hetero) is 1. The lowest BCUT2D eigenvalue weighted by Crippen LogP contribution is -2.35. The molecule has 0 aliphatic rings. The first-order chi connectivity index (χ1) is 11.7. The van der Waals surface area contributed by atoms with Gasteiger partial charge in [0.05, 0.1) is 18.5 Å². The van der Waals surface area contributed by atoms with Gasteiger partial charge in [0.15, 0.2) is 5.78 Å². The maximum absolute atomic E-state index is 12.6. The number of anilines is 1. The largest absolute Gasteiger partial charge is 0.297 e. The Kier molecular flexibility index (Phi) is 6.01. The summed E-state index contributed by atoms with van der Waals surface area (Å²) in [6, 6.07) is 14.9. The Morgan fingerprint density at radius 2 is 1.64 bits per heavy atom. The average molecular weight is 359 g/mol. The summed E-state index contributed by atoms with van der Waals surface area (Å²) in [6.45, 7) is 5.94. The van der Waals surface area contributed by atoms with Gasteiger partial charge in [-0.05, 0) is 36.1 Å². The van der Waals surface area contributed by atoms with Crippen LogP contribution in [0.4, 0.5) is 5.69 Å². The highest BCUT2D eigenvalue weighted by molar-refractivity contribution is 7.92. The standard InChI is InChI=1S/C20H25NO3S/c1-15(2)20-8-6-5-7-17(20)13-19(22)14-21(25(4,23)24)18-11-9-16(3)10-12-18/h5-12,15H,13-14H2,1-4H3. The molecule has 0 saturated heterocycles. The zero-order valence-electron chi connectivity index (χ0n) is 15.2. The summed E-state index contributed by atoms with van der Waals surface area (Å²) in [5.74, 6) is 0.186. The molecular formula is C20H25NO3S. The van der Waals surface area contributed by atoms with Crippen LogP contribution in [-0.4, -0.2) is 27.0 Å². The van der Waals surface area contributed by atoms with E-state index in [2.05, 4.69) is 13.8 Å². The van der Waals surface area contributed by atoms with Crippen molar-refractivity contribution in [2.75, 3.05) is 17.1 Å². The molecule has 2 aromatic rings. The number of carbonyl (C=O) groups excluding carboxylic acids is 1. The third-order valence-electron chi connectivity index (χ3n) is 4.11. The molecule has 0 bridgehead atoms. The Bertz CT molecular complexity index is 839. The molecule has 0 aromatic heterocycles. The van der Waals surface area contributed by atoms with Gasteiger partial charge in [-0.1, -0.05) is 55.8 Å². The van der Waals surface area contributed by atoms with E-state index in [9.17, 15) is 13.2 Å². The van der Waals surface area contributed by atoms with Crippen LogP contribution < -0.4 is 4.31 Å². The smallest absolute Gasteiger partial charge is 0.232 e. The van der Waals surface area contributed by atoms with Crippen molar-refractivity contribution in [1.29, 1.82) is 0 Å². The van der Waals surface area contributed by atoms with Crippen LogP contribution >= 0.6 is 0 Å². The number of benzene rings is 2. The van der Waals surface area contributed by atoms with Crippen molar-refractivity contribution in [2.45, 2.75) is 33.1 Å². The predicted octanol–water partition coefficient (Wildman–Crippen LogP) is 3.70. The number of sulfonamides is 1. The third kappa shape index (κ3) is 5.16.